The molecular weight excluding hydrogens is 266 g/mol. The maximum absolute atomic E-state index is 12.4. The summed E-state index contributed by atoms with van der Waals surface area (Å²) in [5, 5.41) is -0.170. The number of hydrogen-bond donors (Lipinski definition) is 0. The predicted octanol–water partition coefficient (Wildman–Crippen LogP) is 2.39. The van der Waals surface area contributed by atoms with E-state index in [1.165, 1.54) is 16.4 Å². The normalized spacial score (nSPS) is 12.6. The van der Waals surface area contributed by atoms with Crippen LogP contribution in [0.1, 0.15) is 38.2 Å². The highest BCUT2D eigenvalue weighted by Crippen LogP contribution is 2.20. The molecule has 108 valence electrons. The number of sulfonamides is 1. The van der Waals surface area contributed by atoms with Gasteiger partial charge in [0.2, 0.25) is 5.09 Å². The van der Waals surface area contributed by atoms with Crippen LogP contribution in [0.15, 0.2) is 21.6 Å². The van der Waals surface area contributed by atoms with Gasteiger partial charge in [-0.05, 0) is 24.0 Å². The van der Waals surface area contributed by atoms with Crippen molar-refractivity contribution < 1.29 is 17.6 Å². The Labute approximate surface area is 114 Å². The van der Waals surface area contributed by atoms with Crippen molar-refractivity contribution in [2.75, 3.05) is 13.1 Å². The minimum Gasteiger partial charge on any atom is -0.440 e. The molecule has 0 aromatic carbocycles. The standard InChI is InChI=1S/C13H21NO4S/c1-10(2)7-14(8-11(3)4)19(16,17)13-6-5-12(9-15)18-13/h5-6,9-11H,7-8H2,1-4H3. The number of furan rings is 1. The molecule has 0 fully saturated rings. The van der Waals surface area contributed by atoms with Gasteiger partial charge in [0.1, 0.15) is 0 Å². The van der Waals surface area contributed by atoms with Crippen molar-refractivity contribution in [3.63, 3.8) is 0 Å². The Morgan fingerprint density at radius 2 is 1.68 bits per heavy atom. The minimum atomic E-state index is -3.67. The van der Waals surface area contributed by atoms with E-state index in [2.05, 4.69) is 0 Å². The Hall–Kier alpha value is -1.14. The van der Waals surface area contributed by atoms with Crippen LogP contribution in [0.4, 0.5) is 0 Å². The average molecular weight is 287 g/mol. The second-order valence-corrected chi connectivity index (χ2v) is 7.25. The maximum Gasteiger partial charge on any atom is 0.276 e. The zero-order valence-corrected chi connectivity index (χ0v) is 12.6. The summed E-state index contributed by atoms with van der Waals surface area (Å²) < 4.78 is 31.4. The van der Waals surface area contributed by atoms with Gasteiger partial charge in [0.25, 0.3) is 10.0 Å². The fourth-order valence-corrected chi connectivity index (χ4v) is 3.43. The lowest BCUT2D eigenvalue weighted by Gasteiger charge is -2.24. The fourth-order valence-electron chi connectivity index (χ4n) is 1.75. The molecule has 6 heteroatoms. The molecule has 1 aromatic heterocycles. The first kappa shape index (κ1) is 15.9. The van der Waals surface area contributed by atoms with Crippen LogP contribution >= 0.6 is 0 Å². The molecule has 0 N–H and O–H groups in total. The Kier molecular flexibility index (Phi) is 5.31. The number of carbonyl (C=O) groups excluding carboxylic acids is 1. The van der Waals surface area contributed by atoms with Crippen LogP contribution < -0.4 is 0 Å². The van der Waals surface area contributed by atoms with Gasteiger partial charge in [-0.2, -0.15) is 4.31 Å². The van der Waals surface area contributed by atoms with Gasteiger partial charge in [-0.3, -0.25) is 4.79 Å². The Balaban J connectivity index is 3.07. The van der Waals surface area contributed by atoms with Gasteiger partial charge in [-0.15, -0.1) is 0 Å². The van der Waals surface area contributed by atoms with Crippen LogP contribution in [-0.4, -0.2) is 32.1 Å². The van der Waals surface area contributed by atoms with Gasteiger partial charge in [0, 0.05) is 13.1 Å². The highest BCUT2D eigenvalue weighted by molar-refractivity contribution is 7.89. The predicted molar refractivity (Wildman–Crippen MR) is 72.5 cm³/mol. The molecule has 0 aliphatic carbocycles. The summed E-state index contributed by atoms with van der Waals surface area (Å²) in [6.07, 6.45) is 0.494. The van der Waals surface area contributed by atoms with E-state index in [1.54, 1.807) is 0 Å². The van der Waals surface area contributed by atoms with E-state index in [-0.39, 0.29) is 22.7 Å². The molecule has 0 saturated carbocycles. The number of hydrogen-bond acceptors (Lipinski definition) is 4. The molecule has 1 rings (SSSR count). The quantitative estimate of drug-likeness (QED) is 0.722. The number of rotatable bonds is 7. The molecule has 0 unspecified atom stereocenters. The summed E-state index contributed by atoms with van der Waals surface area (Å²) in [5.74, 6) is 0.454. The summed E-state index contributed by atoms with van der Waals surface area (Å²) in [5.41, 5.74) is 0. The lowest BCUT2D eigenvalue weighted by Crippen LogP contribution is -2.36. The van der Waals surface area contributed by atoms with Crippen molar-refractivity contribution >= 4 is 16.3 Å². The van der Waals surface area contributed by atoms with E-state index in [0.29, 0.717) is 19.4 Å². The lowest BCUT2D eigenvalue weighted by molar-refractivity contribution is 0.109. The zero-order chi connectivity index (χ0) is 14.6. The molecule has 1 heterocycles. The van der Waals surface area contributed by atoms with Gasteiger partial charge in [0.15, 0.2) is 12.0 Å². The van der Waals surface area contributed by atoms with Crippen LogP contribution in [-0.2, 0) is 10.0 Å². The van der Waals surface area contributed by atoms with E-state index < -0.39 is 10.0 Å². The smallest absolute Gasteiger partial charge is 0.276 e. The molecule has 5 nitrogen and oxygen atoms in total. The molecule has 19 heavy (non-hydrogen) atoms. The van der Waals surface area contributed by atoms with Gasteiger partial charge < -0.3 is 4.42 Å². The van der Waals surface area contributed by atoms with Crippen LogP contribution in [0.2, 0.25) is 0 Å². The Morgan fingerprint density at radius 3 is 2.05 bits per heavy atom. The van der Waals surface area contributed by atoms with Gasteiger partial charge in [-0.1, -0.05) is 27.7 Å². The van der Waals surface area contributed by atoms with E-state index in [0.717, 1.165) is 0 Å². The monoisotopic (exact) mass is 287 g/mol. The van der Waals surface area contributed by atoms with Crippen LogP contribution in [0.5, 0.6) is 0 Å². The minimum absolute atomic E-state index is 0.0209. The van der Waals surface area contributed by atoms with Gasteiger partial charge in [-0.25, -0.2) is 8.42 Å². The van der Waals surface area contributed by atoms with E-state index in [1.807, 2.05) is 27.7 Å². The highest BCUT2D eigenvalue weighted by Gasteiger charge is 2.28. The third-order valence-corrected chi connectivity index (χ3v) is 4.16. The molecule has 0 atom stereocenters. The Bertz CT molecular complexity index is 507. The maximum atomic E-state index is 12.4. The van der Waals surface area contributed by atoms with Crippen molar-refractivity contribution in [3.8, 4) is 0 Å². The molecule has 1 aromatic rings. The molecule has 0 spiro atoms. The molecule has 0 amide bonds. The molecule has 0 aliphatic rings. The van der Waals surface area contributed by atoms with Crippen LogP contribution in [0.25, 0.3) is 0 Å². The summed E-state index contributed by atoms with van der Waals surface area (Å²) in [4.78, 5) is 10.6. The summed E-state index contributed by atoms with van der Waals surface area (Å²) >= 11 is 0. The van der Waals surface area contributed by atoms with Crippen molar-refractivity contribution in [2.45, 2.75) is 32.8 Å². The Morgan fingerprint density at radius 1 is 1.16 bits per heavy atom. The topological polar surface area (TPSA) is 67.6 Å². The zero-order valence-electron chi connectivity index (χ0n) is 11.8. The SMILES string of the molecule is CC(C)CN(CC(C)C)S(=O)(=O)c1ccc(C=O)o1. The van der Waals surface area contributed by atoms with Crippen molar-refractivity contribution in [1.82, 2.24) is 4.31 Å². The molecule has 0 saturated heterocycles. The van der Waals surface area contributed by atoms with Crippen LogP contribution in [0, 0.1) is 11.8 Å². The third-order valence-electron chi connectivity index (χ3n) is 2.45. The fraction of sp³-hybridized carbons (Fsp3) is 0.615. The summed E-state index contributed by atoms with van der Waals surface area (Å²) in [6, 6.07) is 2.69. The van der Waals surface area contributed by atoms with Crippen molar-refractivity contribution in [3.05, 3.63) is 17.9 Å². The number of nitrogens with zero attached hydrogens (tertiary/aromatic N) is 1. The second kappa shape index (κ2) is 6.34. The molecular formula is C13H21NO4S. The lowest BCUT2D eigenvalue weighted by atomic mass is 10.2. The molecule has 0 radical (unpaired) electrons. The first-order chi connectivity index (χ1) is 8.77. The number of carbonyl (C=O) groups is 1. The van der Waals surface area contributed by atoms with E-state index >= 15 is 0 Å². The van der Waals surface area contributed by atoms with E-state index in [4.69, 9.17) is 4.42 Å². The first-order valence-electron chi connectivity index (χ1n) is 6.32. The summed E-state index contributed by atoms with van der Waals surface area (Å²) in [7, 11) is -3.67. The van der Waals surface area contributed by atoms with Crippen LogP contribution in [0.3, 0.4) is 0 Å². The molecule has 0 aliphatic heterocycles. The largest absolute Gasteiger partial charge is 0.440 e. The highest BCUT2D eigenvalue weighted by atomic mass is 32.2. The van der Waals surface area contributed by atoms with Crippen molar-refractivity contribution in [2.24, 2.45) is 11.8 Å². The van der Waals surface area contributed by atoms with Crippen molar-refractivity contribution in [1.29, 1.82) is 0 Å². The second-order valence-electron chi connectivity index (χ2n) is 5.38. The summed E-state index contributed by atoms with van der Waals surface area (Å²) in [6.45, 7) is 8.70. The third kappa shape index (κ3) is 4.18. The number of aldehydes is 1. The van der Waals surface area contributed by atoms with Gasteiger partial charge >= 0.3 is 0 Å². The average Bonchev–Trinajstić information content (AvgIpc) is 2.75. The van der Waals surface area contributed by atoms with Gasteiger partial charge in [0.05, 0.1) is 0 Å². The van der Waals surface area contributed by atoms with E-state index in [9.17, 15) is 13.2 Å². The first-order valence-corrected chi connectivity index (χ1v) is 7.76. The molecule has 0 bridgehead atoms.